The van der Waals surface area contributed by atoms with E-state index in [0.717, 1.165) is 23.4 Å². The molecule has 1 atom stereocenters. The summed E-state index contributed by atoms with van der Waals surface area (Å²) in [5.74, 6) is 1.92. The molecule has 16 heavy (non-hydrogen) atoms. The van der Waals surface area contributed by atoms with E-state index in [1.54, 1.807) is 24.2 Å². The van der Waals surface area contributed by atoms with Gasteiger partial charge in [0.25, 0.3) is 5.22 Å². The largest absolute Gasteiger partial charge is 0.440 e. The van der Waals surface area contributed by atoms with Crippen LogP contribution < -0.4 is 5.32 Å². The van der Waals surface area contributed by atoms with E-state index in [0.29, 0.717) is 6.04 Å². The highest BCUT2D eigenvalue weighted by Gasteiger charge is 2.24. The van der Waals surface area contributed by atoms with Gasteiger partial charge in [0, 0.05) is 11.8 Å². The predicted molar refractivity (Wildman–Crippen MR) is 66.6 cm³/mol. The highest BCUT2D eigenvalue weighted by atomic mass is 32.2. The van der Waals surface area contributed by atoms with Crippen LogP contribution in [0.5, 0.6) is 0 Å². The fourth-order valence-electron chi connectivity index (χ4n) is 2.43. The molecule has 2 rings (SSSR count). The van der Waals surface area contributed by atoms with Crippen molar-refractivity contribution in [1.29, 1.82) is 0 Å². The summed E-state index contributed by atoms with van der Waals surface area (Å²) in [6.07, 6.45) is 8.90. The lowest BCUT2D eigenvalue weighted by Gasteiger charge is -2.23. The second kappa shape index (κ2) is 6.30. The average molecular weight is 240 g/mol. The Balaban J connectivity index is 1.82. The number of rotatable bonds is 6. The maximum absolute atomic E-state index is 5.25. The van der Waals surface area contributed by atoms with Crippen molar-refractivity contribution in [2.24, 2.45) is 5.92 Å². The SMILES string of the molecule is CCNC(CSc1ncco1)C1CCCC1. The molecule has 1 aliphatic carbocycles. The van der Waals surface area contributed by atoms with Crippen LogP contribution in [-0.4, -0.2) is 23.3 Å². The summed E-state index contributed by atoms with van der Waals surface area (Å²) in [5, 5.41) is 4.39. The number of thioether (sulfide) groups is 1. The fraction of sp³-hybridized carbons (Fsp3) is 0.750. The molecule has 4 heteroatoms. The minimum absolute atomic E-state index is 0.615. The lowest BCUT2D eigenvalue weighted by Crippen LogP contribution is -2.37. The van der Waals surface area contributed by atoms with Crippen LogP contribution in [0, 0.1) is 5.92 Å². The molecule has 1 aromatic heterocycles. The summed E-state index contributed by atoms with van der Waals surface area (Å²) in [6.45, 7) is 3.23. The van der Waals surface area contributed by atoms with Gasteiger partial charge in [-0.15, -0.1) is 0 Å². The molecular formula is C12H20N2OS. The molecule has 90 valence electrons. The minimum Gasteiger partial charge on any atom is -0.440 e. The quantitative estimate of drug-likeness (QED) is 0.776. The fourth-order valence-corrected chi connectivity index (χ4v) is 3.40. The Morgan fingerprint density at radius 3 is 3.00 bits per heavy atom. The summed E-state index contributed by atoms with van der Waals surface area (Å²) in [5.41, 5.74) is 0. The van der Waals surface area contributed by atoms with Crippen molar-refractivity contribution >= 4 is 11.8 Å². The maximum Gasteiger partial charge on any atom is 0.255 e. The topological polar surface area (TPSA) is 38.1 Å². The summed E-state index contributed by atoms with van der Waals surface area (Å²) in [7, 11) is 0. The first kappa shape index (κ1) is 12.0. The van der Waals surface area contributed by atoms with E-state index in [1.807, 2.05) is 0 Å². The molecule has 0 saturated heterocycles. The third-order valence-corrected chi connectivity index (χ3v) is 4.21. The Bertz CT molecular complexity index is 283. The van der Waals surface area contributed by atoms with Gasteiger partial charge < -0.3 is 9.73 Å². The molecule has 1 N–H and O–H groups in total. The highest BCUT2D eigenvalue weighted by molar-refractivity contribution is 7.99. The van der Waals surface area contributed by atoms with E-state index in [-0.39, 0.29) is 0 Å². The van der Waals surface area contributed by atoms with Crippen LogP contribution in [0.4, 0.5) is 0 Å². The van der Waals surface area contributed by atoms with Crippen LogP contribution in [-0.2, 0) is 0 Å². The van der Waals surface area contributed by atoms with Gasteiger partial charge in [-0.3, -0.25) is 0 Å². The second-order valence-corrected chi connectivity index (χ2v) is 5.29. The first-order valence-corrected chi connectivity index (χ1v) is 7.14. The van der Waals surface area contributed by atoms with Crippen LogP contribution >= 0.6 is 11.8 Å². The second-order valence-electron chi connectivity index (χ2n) is 4.32. The molecule has 1 aliphatic rings. The van der Waals surface area contributed by atoms with Crippen molar-refractivity contribution in [2.45, 2.75) is 43.9 Å². The Morgan fingerprint density at radius 2 is 2.38 bits per heavy atom. The van der Waals surface area contributed by atoms with Crippen LogP contribution in [0.1, 0.15) is 32.6 Å². The molecular weight excluding hydrogens is 220 g/mol. The van der Waals surface area contributed by atoms with Crippen molar-refractivity contribution in [1.82, 2.24) is 10.3 Å². The highest BCUT2D eigenvalue weighted by Crippen LogP contribution is 2.30. The molecule has 1 fully saturated rings. The molecule has 0 aliphatic heterocycles. The Labute approximate surface area is 101 Å². The Kier molecular flexibility index (Phi) is 4.72. The predicted octanol–water partition coefficient (Wildman–Crippen LogP) is 2.94. The van der Waals surface area contributed by atoms with Gasteiger partial charge in [-0.1, -0.05) is 31.5 Å². The summed E-state index contributed by atoms with van der Waals surface area (Å²) >= 11 is 1.72. The molecule has 3 nitrogen and oxygen atoms in total. The molecule has 0 bridgehead atoms. The number of nitrogens with one attached hydrogen (secondary N) is 1. The van der Waals surface area contributed by atoms with Gasteiger partial charge in [0.2, 0.25) is 0 Å². The molecule has 0 spiro atoms. The van der Waals surface area contributed by atoms with Crippen molar-refractivity contribution < 1.29 is 4.42 Å². The van der Waals surface area contributed by atoms with Gasteiger partial charge in [-0.2, -0.15) is 0 Å². The lowest BCUT2D eigenvalue weighted by molar-refractivity contribution is 0.392. The zero-order chi connectivity index (χ0) is 11.2. The van der Waals surface area contributed by atoms with E-state index < -0.39 is 0 Å². The van der Waals surface area contributed by atoms with Crippen LogP contribution in [0.3, 0.4) is 0 Å². The molecule has 1 saturated carbocycles. The van der Waals surface area contributed by atoms with Crippen LogP contribution in [0.25, 0.3) is 0 Å². The van der Waals surface area contributed by atoms with Gasteiger partial charge in [0.05, 0.1) is 6.20 Å². The summed E-state index contributed by atoms with van der Waals surface area (Å²) in [6, 6.07) is 0.615. The molecule has 1 unspecified atom stereocenters. The third kappa shape index (κ3) is 3.25. The van der Waals surface area contributed by atoms with E-state index in [2.05, 4.69) is 17.2 Å². The maximum atomic E-state index is 5.25. The minimum atomic E-state index is 0.615. The smallest absolute Gasteiger partial charge is 0.255 e. The van der Waals surface area contributed by atoms with Crippen molar-refractivity contribution in [3.8, 4) is 0 Å². The monoisotopic (exact) mass is 240 g/mol. The van der Waals surface area contributed by atoms with E-state index >= 15 is 0 Å². The van der Waals surface area contributed by atoms with Gasteiger partial charge in [0.15, 0.2) is 0 Å². The van der Waals surface area contributed by atoms with Gasteiger partial charge in [0.1, 0.15) is 6.26 Å². The average Bonchev–Trinajstić information content (AvgIpc) is 2.96. The molecule has 1 heterocycles. The lowest BCUT2D eigenvalue weighted by atomic mass is 10.00. The summed E-state index contributed by atoms with van der Waals surface area (Å²) in [4.78, 5) is 4.14. The van der Waals surface area contributed by atoms with Gasteiger partial charge >= 0.3 is 0 Å². The molecule has 0 amide bonds. The van der Waals surface area contributed by atoms with E-state index in [4.69, 9.17) is 4.42 Å². The standard InChI is InChI=1S/C12H20N2OS/c1-2-13-11(10-5-3-4-6-10)9-16-12-14-7-8-15-12/h7-8,10-11,13H,2-6,9H2,1H3. The van der Waals surface area contributed by atoms with E-state index in [1.165, 1.54) is 25.7 Å². The van der Waals surface area contributed by atoms with Crippen LogP contribution in [0.2, 0.25) is 0 Å². The van der Waals surface area contributed by atoms with Crippen LogP contribution in [0.15, 0.2) is 22.1 Å². The Morgan fingerprint density at radius 1 is 1.56 bits per heavy atom. The zero-order valence-corrected chi connectivity index (χ0v) is 10.6. The van der Waals surface area contributed by atoms with Gasteiger partial charge in [-0.25, -0.2) is 4.98 Å². The van der Waals surface area contributed by atoms with Crippen molar-refractivity contribution in [3.63, 3.8) is 0 Å². The molecule has 1 aromatic rings. The normalized spacial score (nSPS) is 19.1. The number of aromatic nitrogens is 1. The summed E-state index contributed by atoms with van der Waals surface area (Å²) < 4.78 is 5.25. The number of oxazole rings is 1. The number of nitrogens with zero attached hydrogens (tertiary/aromatic N) is 1. The zero-order valence-electron chi connectivity index (χ0n) is 9.82. The third-order valence-electron chi connectivity index (χ3n) is 3.23. The van der Waals surface area contributed by atoms with Gasteiger partial charge in [-0.05, 0) is 25.3 Å². The number of hydrogen-bond acceptors (Lipinski definition) is 4. The van der Waals surface area contributed by atoms with Crippen molar-refractivity contribution in [3.05, 3.63) is 12.5 Å². The first-order valence-electron chi connectivity index (χ1n) is 6.16. The first-order chi connectivity index (χ1) is 7.90. The van der Waals surface area contributed by atoms with Crippen molar-refractivity contribution in [2.75, 3.05) is 12.3 Å². The molecule has 0 aromatic carbocycles. The molecule has 0 radical (unpaired) electrons. The Hall–Kier alpha value is -0.480. The van der Waals surface area contributed by atoms with E-state index in [9.17, 15) is 0 Å². The number of hydrogen-bond donors (Lipinski definition) is 1.